The van der Waals surface area contributed by atoms with Crippen LogP contribution in [-0.4, -0.2) is 37.2 Å². The summed E-state index contributed by atoms with van der Waals surface area (Å²) in [5.74, 6) is -0.884. The molecule has 0 aliphatic carbocycles. The van der Waals surface area contributed by atoms with Gasteiger partial charge in [-0.15, -0.1) is 0 Å². The van der Waals surface area contributed by atoms with Crippen molar-refractivity contribution in [3.63, 3.8) is 0 Å². The Morgan fingerprint density at radius 2 is 0.534 bits per heavy atom. The second kappa shape index (κ2) is 61.4. The van der Waals surface area contributed by atoms with E-state index >= 15 is 0 Å². The van der Waals surface area contributed by atoms with Crippen LogP contribution in [0.4, 0.5) is 0 Å². The number of allylic oxidation sites excluding steroid dienone is 12. The van der Waals surface area contributed by atoms with Crippen LogP contribution in [0.1, 0.15) is 316 Å². The number of carbonyl (C=O) groups excluding carboxylic acids is 3. The number of unbranched alkanes of at least 4 members (excludes halogenated alkanes) is 34. The van der Waals surface area contributed by atoms with E-state index in [1.54, 1.807) is 0 Å². The molecule has 0 spiro atoms. The van der Waals surface area contributed by atoms with Crippen LogP contribution in [0.15, 0.2) is 72.9 Å². The minimum absolute atomic E-state index is 0.0799. The summed E-state index contributed by atoms with van der Waals surface area (Å²) in [6.07, 6.45) is 79.0. The molecule has 422 valence electrons. The van der Waals surface area contributed by atoms with Gasteiger partial charge in [0.25, 0.3) is 0 Å². The van der Waals surface area contributed by atoms with Crippen LogP contribution in [0.5, 0.6) is 0 Å². The predicted molar refractivity (Wildman–Crippen MR) is 316 cm³/mol. The summed E-state index contributed by atoms with van der Waals surface area (Å²) in [7, 11) is 0. The van der Waals surface area contributed by atoms with Crippen LogP contribution in [0.2, 0.25) is 0 Å². The maximum Gasteiger partial charge on any atom is 0.306 e. The smallest absolute Gasteiger partial charge is 0.306 e. The van der Waals surface area contributed by atoms with Crippen molar-refractivity contribution in [1.29, 1.82) is 0 Å². The summed E-state index contributed by atoms with van der Waals surface area (Å²) in [5.41, 5.74) is 0. The number of ether oxygens (including phenoxy) is 3. The molecule has 0 aliphatic heterocycles. The van der Waals surface area contributed by atoms with Crippen LogP contribution in [0.25, 0.3) is 0 Å². The van der Waals surface area contributed by atoms with E-state index in [1.165, 1.54) is 167 Å². The molecule has 0 N–H and O–H groups in total. The lowest BCUT2D eigenvalue weighted by atomic mass is 10.0. The third-order valence-electron chi connectivity index (χ3n) is 13.7. The van der Waals surface area contributed by atoms with E-state index < -0.39 is 6.10 Å². The Hall–Kier alpha value is -3.15. The van der Waals surface area contributed by atoms with Gasteiger partial charge in [0.05, 0.1) is 0 Å². The average molecular weight is 1020 g/mol. The monoisotopic (exact) mass is 1020 g/mol. The highest BCUT2D eigenvalue weighted by Gasteiger charge is 2.19. The fourth-order valence-corrected chi connectivity index (χ4v) is 9.06. The number of carbonyl (C=O) groups is 3. The zero-order valence-corrected chi connectivity index (χ0v) is 48.4. The molecule has 0 aliphatic rings. The van der Waals surface area contributed by atoms with Gasteiger partial charge in [0.2, 0.25) is 0 Å². The molecule has 1 unspecified atom stereocenters. The maximum atomic E-state index is 12.9. The van der Waals surface area contributed by atoms with E-state index in [0.717, 1.165) is 109 Å². The largest absolute Gasteiger partial charge is 0.462 e. The summed E-state index contributed by atoms with van der Waals surface area (Å²) in [4.78, 5) is 38.3. The highest BCUT2D eigenvalue weighted by Crippen LogP contribution is 2.17. The molecule has 0 saturated heterocycles. The Balaban J connectivity index is 4.35. The van der Waals surface area contributed by atoms with Crippen molar-refractivity contribution < 1.29 is 28.6 Å². The summed E-state index contributed by atoms with van der Waals surface area (Å²) in [6, 6.07) is 0. The SMILES string of the molecule is CC/C=C\C/C=C\C/C=C\CCCCCCCCCC(=O)OCC(COC(=O)CCCCCCCCCCCCCCCCCCCCCCC)OC(=O)CCCCCCCCC/C=C\C/C=C\C/C=C\CC. The Kier molecular flexibility index (Phi) is 58.7. The normalized spacial score (nSPS) is 12.5. The van der Waals surface area contributed by atoms with Crippen LogP contribution in [0, 0.1) is 0 Å². The predicted octanol–water partition coefficient (Wildman–Crippen LogP) is 21.3. The molecule has 0 saturated carbocycles. The van der Waals surface area contributed by atoms with Gasteiger partial charge in [-0.1, -0.05) is 286 Å². The second-order valence-corrected chi connectivity index (χ2v) is 20.9. The highest BCUT2D eigenvalue weighted by molar-refractivity contribution is 5.71. The molecule has 0 amide bonds. The van der Waals surface area contributed by atoms with E-state index in [9.17, 15) is 14.4 Å². The zero-order valence-electron chi connectivity index (χ0n) is 48.4. The van der Waals surface area contributed by atoms with Gasteiger partial charge in [-0.3, -0.25) is 14.4 Å². The molecule has 73 heavy (non-hydrogen) atoms. The van der Waals surface area contributed by atoms with Crippen molar-refractivity contribution >= 4 is 17.9 Å². The Bertz CT molecular complexity index is 1360. The van der Waals surface area contributed by atoms with Gasteiger partial charge in [-0.05, 0) is 83.5 Å². The highest BCUT2D eigenvalue weighted by atomic mass is 16.6. The quantitative estimate of drug-likeness (QED) is 0.0261. The number of esters is 3. The minimum Gasteiger partial charge on any atom is -0.462 e. The molecular weight excluding hydrogens is 901 g/mol. The van der Waals surface area contributed by atoms with E-state index in [0.29, 0.717) is 19.3 Å². The zero-order chi connectivity index (χ0) is 52.9. The van der Waals surface area contributed by atoms with Gasteiger partial charge in [0.15, 0.2) is 6.10 Å². The fraction of sp³-hybridized carbons (Fsp3) is 0.776. The van der Waals surface area contributed by atoms with Crippen LogP contribution in [0.3, 0.4) is 0 Å². The average Bonchev–Trinajstić information content (AvgIpc) is 3.39. The summed E-state index contributed by atoms with van der Waals surface area (Å²) in [5, 5.41) is 0. The third kappa shape index (κ3) is 59.6. The van der Waals surface area contributed by atoms with E-state index in [-0.39, 0.29) is 31.1 Å². The minimum atomic E-state index is -0.785. The van der Waals surface area contributed by atoms with Crippen molar-refractivity contribution in [3.05, 3.63) is 72.9 Å². The number of hydrogen-bond donors (Lipinski definition) is 0. The first kappa shape index (κ1) is 69.8. The first-order valence-corrected chi connectivity index (χ1v) is 31.4. The third-order valence-corrected chi connectivity index (χ3v) is 13.7. The van der Waals surface area contributed by atoms with Gasteiger partial charge in [0, 0.05) is 19.3 Å². The van der Waals surface area contributed by atoms with E-state index in [2.05, 4.69) is 93.7 Å². The molecule has 1 atom stereocenters. The molecule has 0 aromatic carbocycles. The molecule has 0 radical (unpaired) electrons. The van der Waals surface area contributed by atoms with Crippen molar-refractivity contribution in [2.75, 3.05) is 13.2 Å². The molecule has 6 nitrogen and oxygen atoms in total. The summed E-state index contributed by atoms with van der Waals surface area (Å²) < 4.78 is 16.9. The van der Waals surface area contributed by atoms with Crippen molar-refractivity contribution in [3.8, 4) is 0 Å². The van der Waals surface area contributed by atoms with Crippen molar-refractivity contribution in [2.45, 2.75) is 322 Å². The lowest BCUT2D eigenvalue weighted by molar-refractivity contribution is -0.167. The molecule has 0 rings (SSSR count). The molecule has 0 fully saturated rings. The Morgan fingerprint density at radius 1 is 0.288 bits per heavy atom. The van der Waals surface area contributed by atoms with Gasteiger partial charge < -0.3 is 14.2 Å². The van der Waals surface area contributed by atoms with E-state index in [1.807, 2.05) is 0 Å². The molecule has 6 heteroatoms. The Labute approximate surface area is 453 Å². The van der Waals surface area contributed by atoms with Gasteiger partial charge >= 0.3 is 17.9 Å². The van der Waals surface area contributed by atoms with Crippen LogP contribution >= 0.6 is 0 Å². The first-order valence-electron chi connectivity index (χ1n) is 31.4. The molecule has 0 aromatic rings. The van der Waals surface area contributed by atoms with Gasteiger partial charge in [-0.2, -0.15) is 0 Å². The van der Waals surface area contributed by atoms with E-state index in [4.69, 9.17) is 14.2 Å². The molecule has 0 aromatic heterocycles. The Morgan fingerprint density at radius 3 is 0.836 bits per heavy atom. The molecular formula is C67H118O6. The fourth-order valence-electron chi connectivity index (χ4n) is 9.06. The van der Waals surface area contributed by atoms with Crippen LogP contribution < -0.4 is 0 Å². The standard InChI is InChI=1S/C67H118O6/c1-4-7-10-13-16-19-22-25-28-31-32-33-34-37-39-42-45-48-51-54-57-60-66(69)72-63-64(73-67(70)61-58-55-52-49-46-43-40-36-30-27-24-21-18-15-12-9-6-3)62-71-65(68)59-56-53-50-47-44-41-38-35-29-26-23-20-17-14-11-8-5-2/h8-9,11-12,17-18,20-21,26-27,29-30,64H,4-7,10,13-16,19,22-25,28,31-63H2,1-3H3/b11-8-,12-9-,20-17-,21-18-,29-26-,30-27-. The van der Waals surface area contributed by atoms with Crippen molar-refractivity contribution in [1.82, 2.24) is 0 Å². The molecule has 0 bridgehead atoms. The molecule has 0 heterocycles. The van der Waals surface area contributed by atoms with Gasteiger partial charge in [-0.25, -0.2) is 0 Å². The van der Waals surface area contributed by atoms with Crippen LogP contribution in [-0.2, 0) is 28.6 Å². The second-order valence-electron chi connectivity index (χ2n) is 20.9. The summed E-state index contributed by atoms with van der Waals surface area (Å²) in [6.45, 7) is 6.45. The topological polar surface area (TPSA) is 78.9 Å². The number of hydrogen-bond acceptors (Lipinski definition) is 6. The lowest BCUT2D eigenvalue weighted by Crippen LogP contribution is -2.30. The maximum absolute atomic E-state index is 12.9. The van der Waals surface area contributed by atoms with Gasteiger partial charge in [0.1, 0.15) is 13.2 Å². The number of rotatable bonds is 57. The summed E-state index contributed by atoms with van der Waals surface area (Å²) >= 11 is 0. The van der Waals surface area contributed by atoms with Crippen molar-refractivity contribution in [2.24, 2.45) is 0 Å². The first-order chi connectivity index (χ1) is 36.0. The lowest BCUT2D eigenvalue weighted by Gasteiger charge is -2.18.